The first-order valence-electron chi connectivity index (χ1n) is 6.53. The molecule has 1 atom stereocenters. The Labute approximate surface area is 103 Å². The van der Waals surface area contributed by atoms with E-state index in [-0.39, 0.29) is 6.04 Å². The van der Waals surface area contributed by atoms with Crippen molar-refractivity contribution in [1.82, 2.24) is 5.32 Å². The first-order valence-corrected chi connectivity index (χ1v) is 6.53. The molecule has 1 aromatic rings. The molecular formula is C14H22N2O. The van der Waals surface area contributed by atoms with Crippen molar-refractivity contribution >= 4 is 5.84 Å². The van der Waals surface area contributed by atoms with E-state index >= 15 is 0 Å². The van der Waals surface area contributed by atoms with Crippen molar-refractivity contribution in [3.63, 3.8) is 0 Å². The standard InChI is InChI=1S/C14H22N2O/c1-10-9-13(12(3)17-10)11(2)16-14-7-5-4-6-8-15-14/h9,11H,4-8H2,1-3H3,(H,15,16). The van der Waals surface area contributed by atoms with Gasteiger partial charge in [0, 0.05) is 18.5 Å². The zero-order valence-electron chi connectivity index (χ0n) is 11.0. The molecule has 1 N–H and O–H groups in total. The van der Waals surface area contributed by atoms with Crippen LogP contribution in [0, 0.1) is 13.8 Å². The van der Waals surface area contributed by atoms with Gasteiger partial charge in [0.25, 0.3) is 0 Å². The number of aryl methyl sites for hydroxylation is 2. The summed E-state index contributed by atoms with van der Waals surface area (Å²) in [6.07, 6.45) is 4.86. The van der Waals surface area contributed by atoms with Crippen LogP contribution in [0.4, 0.5) is 0 Å². The molecule has 0 saturated carbocycles. The fourth-order valence-corrected chi connectivity index (χ4v) is 2.40. The molecule has 0 amide bonds. The van der Waals surface area contributed by atoms with E-state index in [1.807, 2.05) is 13.8 Å². The first-order chi connectivity index (χ1) is 8.16. The molecule has 0 radical (unpaired) electrons. The van der Waals surface area contributed by atoms with E-state index in [1.165, 1.54) is 24.8 Å². The van der Waals surface area contributed by atoms with Crippen molar-refractivity contribution in [2.45, 2.75) is 52.5 Å². The molecule has 3 heteroatoms. The predicted octanol–water partition coefficient (Wildman–Crippen LogP) is 3.52. The molecule has 0 fully saturated rings. The molecule has 17 heavy (non-hydrogen) atoms. The van der Waals surface area contributed by atoms with E-state index in [1.54, 1.807) is 0 Å². The summed E-state index contributed by atoms with van der Waals surface area (Å²) in [5.41, 5.74) is 1.24. The zero-order valence-corrected chi connectivity index (χ0v) is 11.0. The maximum absolute atomic E-state index is 5.57. The SMILES string of the molecule is Cc1cc(C(C)NC2=NCCCCC2)c(C)o1. The van der Waals surface area contributed by atoms with Crippen molar-refractivity contribution in [1.29, 1.82) is 0 Å². The summed E-state index contributed by atoms with van der Waals surface area (Å²) in [6.45, 7) is 7.16. The van der Waals surface area contributed by atoms with Crippen LogP contribution >= 0.6 is 0 Å². The molecule has 1 aliphatic rings. The van der Waals surface area contributed by atoms with Crippen molar-refractivity contribution in [3.05, 3.63) is 23.2 Å². The summed E-state index contributed by atoms with van der Waals surface area (Å²) in [5.74, 6) is 3.15. The van der Waals surface area contributed by atoms with Crippen LogP contribution in [0.15, 0.2) is 15.5 Å². The van der Waals surface area contributed by atoms with E-state index in [0.29, 0.717) is 0 Å². The maximum Gasteiger partial charge on any atom is 0.106 e. The van der Waals surface area contributed by atoms with Crippen LogP contribution in [0.3, 0.4) is 0 Å². The van der Waals surface area contributed by atoms with Gasteiger partial charge >= 0.3 is 0 Å². The van der Waals surface area contributed by atoms with Crippen LogP contribution < -0.4 is 5.32 Å². The normalized spacial score (nSPS) is 18.4. The van der Waals surface area contributed by atoms with Gasteiger partial charge in [-0.1, -0.05) is 6.42 Å². The molecule has 0 bridgehead atoms. The number of furan rings is 1. The smallest absolute Gasteiger partial charge is 0.106 e. The quantitative estimate of drug-likeness (QED) is 0.850. The van der Waals surface area contributed by atoms with Gasteiger partial charge in [-0.15, -0.1) is 0 Å². The number of rotatable bonds is 2. The Balaban J connectivity index is 2.03. The second-order valence-corrected chi connectivity index (χ2v) is 4.87. The van der Waals surface area contributed by atoms with Gasteiger partial charge in [0.15, 0.2) is 0 Å². The van der Waals surface area contributed by atoms with Gasteiger partial charge in [-0.05, 0) is 39.7 Å². The van der Waals surface area contributed by atoms with Crippen LogP contribution in [0.25, 0.3) is 0 Å². The number of nitrogens with zero attached hydrogens (tertiary/aromatic N) is 1. The highest BCUT2D eigenvalue weighted by Gasteiger charge is 2.14. The van der Waals surface area contributed by atoms with Gasteiger partial charge < -0.3 is 9.73 Å². The van der Waals surface area contributed by atoms with E-state index in [0.717, 1.165) is 30.3 Å². The van der Waals surface area contributed by atoms with Gasteiger partial charge in [-0.25, -0.2) is 0 Å². The summed E-state index contributed by atoms with van der Waals surface area (Å²) in [5, 5.41) is 3.52. The Hall–Kier alpha value is -1.25. The van der Waals surface area contributed by atoms with Crippen LogP contribution in [0.1, 0.15) is 55.7 Å². The Morgan fingerprint density at radius 2 is 2.12 bits per heavy atom. The van der Waals surface area contributed by atoms with Crippen LogP contribution in [0.5, 0.6) is 0 Å². The monoisotopic (exact) mass is 234 g/mol. The molecule has 0 spiro atoms. The summed E-state index contributed by atoms with van der Waals surface area (Å²) < 4.78 is 5.57. The third kappa shape index (κ3) is 3.11. The van der Waals surface area contributed by atoms with Crippen molar-refractivity contribution in [3.8, 4) is 0 Å². The summed E-state index contributed by atoms with van der Waals surface area (Å²) in [7, 11) is 0. The Bertz CT molecular complexity index is 406. The van der Waals surface area contributed by atoms with E-state index in [2.05, 4.69) is 23.3 Å². The Morgan fingerprint density at radius 1 is 1.29 bits per heavy atom. The fourth-order valence-electron chi connectivity index (χ4n) is 2.40. The number of hydrogen-bond donors (Lipinski definition) is 1. The maximum atomic E-state index is 5.57. The highest BCUT2D eigenvalue weighted by Crippen LogP contribution is 2.21. The molecule has 1 aromatic heterocycles. The Morgan fingerprint density at radius 3 is 2.82 bits per heavy atom. The number of amidine groups is 1. The lowest BCUT2D eigenvalue weighted by Crippen LogP contribution is -2.26. The van der Waals surface area contributed by atoms with E-state index < -0.39 is 0 Å². The van der Waals surface area contributed by atoms with Gasteiger partial charge in [-0.3, -0.25) is 4.99 Å². The topological polar surface area (TPSA) is 37.5 Å². The minimum absolute atomic E-state index is 0.282. The summed E-state index contributed by atoms with van der Waals surface area (Å²) in [6, 6.07) is 2.40. The second kappa shape index (κ2) is 5.39. The molecule has 0 aromatic carbocycles. The molecule has 2 heterocycles. The molecule has 1 unspecified atom stereocenters. The van der Waals surface area contributed by atoms with E-state index in [4.69, 9.17) is 4.42 Å². The molecular weight excluding hydrogens is 212 g/mol. The number of aliphatic imine (C=N–C) groups is 1. The molecule has 0 saturated heterocycles. The molecule has 1 aliphatic heterocycles. The minimum Gasteiger partial charge on any atom is -0.466 e. The van der Waals surface area contributed by atoms with Crippen LogP contribution in [0.2, 0.25) is 0 Å². The Kier molecular flexibility index (Phi) is 3.87. The van der Waals surface area contributed by atoms with Crippen LogP contribution in [-0.4, -0.2) is 12.4 Å². The minimum atomic E-state index is 0.282. The van der Waals surface area contributed by atoms with Crippen molar-refractivity contribution in [2.24, 2.45) is 4.99 Å². The lowest BCUT2D eigenvalue weighted by atomic mass is 10.1. The van der Waals surface area contributed by atoms with Gasteiger partial charge in [-0.2, -0.15) is 0 Å². The highest BCUT2D eigenvalue weighted by atomic mass is 16.3. The molecule has 3 nitrogen and oxygen atoms in total. The lowest BCUT2D eigenvalue weighted by molar-refractivity contribution is 0.497. The van der Waals surface area contributed by atoms with Gasteiger partial charge in [0.05, 0.1) is 11.9 Å². The third-order valence-corrected chi connectivity index (χ3v) is 3.30. The average molecular weight is 234 g/mol. The van der Waals surface area contributed by atoms with Gasteiger partial charge in [0.1, 0.15) is 11.5 Å². The highest BCUT2D eigenvalue weighted by molar-refractivity contribution is 5.82. The summed E-state index contributed by atoms with van der Waals surface area (Å²) >= 11 is 0. The van der Waals surface area contributed by atoms with E-state index in [9.17, 15) is 0 Å². The fraction of sp³-hybridized carbons (Fsp3) is 0.643. The largest absolute Gasteiger partial charge is 0.466 e. The lowest BCUT2D eigenvalue weighted by Gasteiger charge is -2.15. The molecule has 94 valence electrons. The first kappa shape index (κ1) is 12.2. The zero-order chi connectivity index (χ0) is 12.3. The molecule has 2 rings (SSSR count). The third-order valence-electron chi connectivity index (χ3n) is 3.30. The average Bonchev–Trinajstić information content (AvgIpc) is 2.51. The summed E-state index contributed by atoms with van der Waals surface area (Å²) in [4.78, 5) is 4.60. The molecule has 0 aliphatic carbocycles. The number of hydrogen-bond acceptors (Lipinski definition) is 3. The van der Waals surface area contributed by atoms with Crippen molar-refractivity contribution in [2.75, 3.05) is 6.54 Å². The van der Waals surface area contributed by atoms with Crippen LogP contribution in [-0.2, 0) is 0 Å². The number of nitrogens with one attached hydrogen (secondary N) is 1. The predicted molar refractivity (Wildman–Crippen MR) is 70.5 cm³/mol. The van der Waals surface area contributed by atoms with Crippen molar-refractivity contribution < 1.29 is 4.42 Å². The second-order valence-electron chi connectivity index (χ2n) is 4.87. The van der Waals surface area contributed by atoms with Gasteiger partial charge in [0.2, 0.25) is 0 Å².